The second kappa shape index (κ2) is 5.50. The van der Waals surface area contributed by atoms with Crippen molar-refractivity contribution in [3.63, 3.8) is 0 Å². The first-order valence-corrected chi connectivity index (χ1v) is 6.70. The van der Waals surface area contributed by atoms with Crippen molar-refractivity contribution in [1.82, 2.24) is 4.98 Å². The van der Waals surface area contributed by atoms with Crippen molar-refractivity contribution in [3.05, 3.63) is 11.1 Å². The van der Waals surface area contributed by atoms with E-state index in [1.165, 1.54) is 23.1 Å². The molecular weight excluding hydrogens is 262 g/mol. The van der Waals surface area contributed by atoms with Crippen LogP contribution in [0.1, 0.15) is 19.5 Å². The summed E-state index contributed by atoms with van der Waals surface area (Å²) in [6.07, 6.45) is -0.0978. The van der Waals surface area contributed by atoms with E-state index in [1.807, 2.05) is 0 Å². The Morgan fingerprint density at radius 3 is 2.65 bits per heavy atom. The van der Waals surface area contributed by atoms with Gasteiger partial charge in [0.25, 0.3) is 0 Å². The maximum atomic E-state index is 10.9. The number of hydrogen-bond acceptors (Lipinski definition) is 5. The maximum absolute atomic E-state index is 10.9. The standard InChI is InChI=1S/C10H13NO4S2/c1-10(2,8(14)15)5-17-9-11-6(4-16-9)3-7(12)13/h4H,3,5H2,1-2H3,(H,12,13)(H,14,15). The molecule has 0 aliphatic carbocycles. The Morgan fingerprint density at radius 1 is 1.47 bits per heavy atom. The van der Waals surface area contributed by atoms with Crippen LogP contribution in [-0.4, -0.2) is 32.9 Å². The Kier molecular flexibility index (Phi) is 4.53. The number of thioether (sulfide) groups is 1. The van der Waals surface area contributed by atoms with E-state index in [4.69, 9.17) is 10.2 Å². The van der Waals surface area contributed by atoms with Crippen LogP contribution < -0.4 is 0 Å². The van der Waals surface area contributed by atoms with Crippen LogP contribution >= 0.6 is 23.1 Å². The van der Waals surface area contributed by atoms with Gasteiger partial charge in [0.2, 0.25) is 0 Å². The Morgan fingerprint density at radius 2 is 2.12 bits per heavy atom. The Bertz CT molecular complexity index is 428. The van der Waals surface area contributed by atoms with E-state index in [9.17, 15) is 9.59 Å². The van der Waals surface area contributed by atoms with Gasteiger partial charge in [-0.2, -0.15) is 0 Å². The molecule has 0 aromatic carbocycles. The van der Waals surface area contributed by atoms with Crippen LogP contribution in [0.2, 0.25) is 0 Å². The van der Waals surface area contributed by atoms with Crippen LogP contribution in [0.15, 0.2) is 9.72 Å². The molecule has 0 saturated heterocycles. The van der Waals surface area contributed by atoms with Gasteiger partial charge in [0.1, 0.15) is 4.34 Å². The summed E-state index contributed by atoms with van der Waals surface area (Å²) in [5.74, 6) is -1.37. The molecule has 0 aliphatic heterocycles. The highest BCUT2D eigenvalue weighted by molar-refractivity contribution is 8.01. The third kappa shape index (κ3) is 4.35. The lowest BCUT2D eigenvalue weighted by Crippen LogP contribution is -2.26. The zero-order valence-corrected chi connectivity index (χ0v) is 11.1. The van der Waals surface area contributed by atoms with E-state index in [-0.39, 0.29) is 6.42 Å². The predicted molar refractivity (Wildman–Crippen MR) is 65.6 cm³/mol. The maximum Gasteiger partial charge on any atom is 0.309 e. The molecule has 94 valence electrons. The van der Waals surface area contributed by atoms with Crippen molar-refractivity contribution in [2.24, 2.45) is 5.41 Å². The molecule has 0 fully saturated rings. The highest BCUT2D eigenvalue weighted by Crippen LogP contribution is 2.30. The molecule has 0 saturated carbocycles. The first-order valence-electron chi connectivity index (χ1n) is 4.83. The molecule has 2 N–H and O–H groups in total. The lowest BCUT2D eigenvalue weighted by molar-refractivity contribution is -0.145. The van der Waals surface area contributed by atoms with Crippen molar-refractivity contribution in [3.8, 4) is 0 Å². The summed E-state index contributed by atoms with van der Waals surface area (Å²) in [6, 6.07) is 0. The summed E-state index contributed by atoms with van der Waals surface area (Å²) in [5.41, 5.74) is -0.304. The first kappa shape index (κ1) is 14.0. The van der Waals surface area contributed by atoms with Gasteiger partial charge in [-0.3, -0.25) is 9.59 Å². The first-order chi connectivity index (χ1) is 7.81. The van der Waals surface area contributed by atoms with Gasteiger partial charge in [-0.25, -0.2) is 4.98 Å². The van der Waals surface area contributed by atoms with Crippen LogP contribution in [-0.2, 0) is 16.0 Å². The predicted octanol–water partition coefficient (Wildman–Crippen LogP) is 1.97. The van der Waals surface area contributed by atoms with E-state index < -0.39 is 17.4 Å². The molecule has 1 rings (SSSR count). The zero-order valence-electron chi connectivity index (χ0n) is 9.47. The summed E-state index contributed by atoms with van der Waals surface area (Å²) in [5, 5.41) is 19.2. The number of nitrogens with zero attached hydrogens (tertiary/aromatic N) is 1. The molecule has 5 nitrogen and oxygen atoms in total. The SMILES string of the molecule is CC(C)(CSc1nc(CC(=O)O)cs1)C(=O)O. The Labute approximate surface area is 107 Å². The van der Waals surface area contributed by atoms with Gasteiger partial charge in [-0.05, 0) is 13.8 Å². The molecular formula is C10H13NO4S2. The fraction of sp³-hybridized carbons (Fsp3) is 0.500. The number of carboxylic acid groups (broad SMARTS) is 2. The second-order valence-electron chi connectivity index (χ2n) is 4.15. The van der Waals surface area contributed by atoms with E-state index in [0.29, 0.717) is 15.8 Å². The lowest BCUT2D eigenvalue weighted by Gasteiger charge is -2.16. The Hall–Kier alpha value is -1.08. The van der Waals surface area contributed by atoms with Crippen molar-refractivity contribution in [1.29, 1.82) is 0 Å². The van der Waals surface area contributed by atoms with Crippen LogP contribution in [0.4, 0.5) is 0 Å². The average Bonchev–Trinajstić information content (AvgIpc) is 2.61. The number of rotatable bonds is 6. The average molecular weight is 275 g/mol. The fourth-order valence-electron chi connectivity index (χ4n) is 0.895. The van der Waals surface area contributed by atoms with Crippen LogP contribution in [0.25, 0.3) is 0 Å². The number of hydrogen-bond donors (Lipinski definition) is 2. The van der Waals surface area contributed by atoms with Gasteiger partial charge < -0.3 is 10.2 Å². The van der Waals surface area contributed by atoms with Crippen molar-refractivity contribution < 1.29 is 19.8 Å². The molecule has 1 aromatic rings. The van der Waals surface area contributed by atoms with Gasteiger partial charge in [-0.1, -0.05) is 11.8 Å². The highest BCUT2D eigenvalue weighted by Gasteiger charge is 2.27. The minimum atomic E-state index is -0.919. The molecule has 0 radical (unpaired) electrons. The summed E-state index contributed by atoms with van der Waals surface area (Å²) >= 11 is 2.68. The van der Waals surface area contributed by atoms with Gasteiger partial charge >= 0.3 is 11.9 Å². The quantitative estimate of drug-likeness (QED) is 0.772. The minimum Gasteiger partial charge on any atom is -0.481 e. The number of aliphatic carboxylic acids is 2. The molecule has 1 heterocycles. The number of aromatic nitrogens is 1. The summed E-state index contributed by atoms with van der Waals surface area (Å²) in [7, 11) is 0. The van der Waals surface area contributed by atoms with E-state index in [2.05, 4.69) is 4.98 Å². The molecule has 0 bridgehead atoms. The van der Waals surface area contributed by atoms with Crippen molar-refractivity contribution >= 4 is 35.0 Å². The van der Waals surface area contributed by atoms with Gasteiger partial charge in [0.05, 0.1) is 17.5 Å². The highest BCUT2D eigenvalue weighted by atomic mass is 32.2. The van der Waals surface area contributed by atoms with Crippen LogP contribution in [0, 0.1) is 5.41 Å². The van der Waals surface area contributed by atoms with Gasteiger partial charge in [0, 0.05) is 11.1 Å². The fourth-order valence-corrected chi connectivity index (χ4v) is 2.82. The van der Waals surface area contributed by atoms with Crippen molar-refractivity contribution in [2.75, 3.05) is 5.75 Å². The van der Waals surface area contributed by atoms with E-state index in [0.717, 1.165) is 0 Å². The molecule has 17 heavy (non-hydrogen) atoms. The summed E-state index contributed by atoms with van der Waals surface area (Å²) < 4.78 is 0.704. The zero-order chi connectivity index (χ0) is 13.1. The molecule has 0 unspecified atom stereocenters. The molecule has 0 amide bonds. The van der Waals surface area contributed by atoms with E-state index >= 15 is 0 Å². The number of carboxylic acids is 2. The van der Waals surface area contributed by atoms with Crippen LogP contribution in [0.5, 0.6) is 0 Å². The third-order valence-electron chi connectivity index (χ3n) is 2.00. The minimum absolute atomic E-state index is 0.0978. The largest absolute Gasteiger partial charge is 0.481 e. The third-order valence-corrected chi connectivity index (χ3v) is 4.53. The van der Waals surface area contributed by atoms with E-state index in [1.54, 1.807) is 19.2 Å². The number of carbonyl (C=O) groups is 2. The molecule has 0 aliphatic rings. The number of thiazole rings is 1. The summed E-state index contributed by atoms with van der Waals surface area (Å²) in [4.78, 5) is 25.5. The molecule has 1 aromatic heterocycles. The van der Waals surface area contributed by atoms with Crippen molar-refractivity contribution in [2.45, 2.75) is 24.6 Å². The Balaban J connectivity index is 2.56. The van der Waals surface area contributed by atoms with Crippen LogP contribution in [0.3, 0.4) is 0 Å². The monoisotopic (exact) mass is 275 g/mol. The van der Waals surface area contributed by atoms with Gasteiger partial charge in [-0.15, -0.1) is 11.3 Å². The normalized spacial score (nSPS) is 11.4. The van der Waals surface area contributed by atoms with Gasteiger partial charge in [0.15, 0.2) is 0 Å². The molecule has 0 spiro atoms. The summed E-state index contributed by atoms with van der Waals surface area (Å²) in [6.45, 7) is 3.29. The second-order valence-corrected chi connectivity index (χ2v) is 6.23. The molecule has 0 atom stereocenters. The topological polar surface area (TPSA) is 87.5 Å². The molecule has 7 heteroatoms. The lowest BCUT2D eigenvalue weighted by atomic mass is 9.97. The smallest absolute Gasteiger partial charge is 0.309 e.